The van der Waals surface area contributed by atoms with Crippen LogP contribution < -0.4 is 15.3 Å². The van der Waals surface area contributed by atoms with Crippen LogP contribution in [0.1, 0.15) is 43.6 Å². The first-order chi connectivity index (χ1) is 13.7. The molecule has 6 nitrogen and oxygen atoms in total. The molecule has 0 amide bonds. The summed E-state index contributed by atoms with van der Waals surface area (Å²) in [4.78, 5) is 24.5. The number of anilines is 1. The van der Waals surface area contributed by atoms with E-state index in [0.717, 1.165) is 61.5 Å². The molecule has 144 valence electrons. The zero-order valence-electron chi connectivity index (χ0n) is 16.0. The van der Waals surface area contributed by atoms with Crippen LogP contribution in [0.2, 0.25) is 0 Å². The predicted molar refractivity (Wildman–Crippen MR) is 108 cm³/mol. The molecule has 6 heteroatoms. The quantitative estimate of drug-likeness (QED) is 0.681. The minimum Gasteiger partial charge on any atom is -0.497 e. The Balaban J connectivity index is 1.69. The fourth-order valence-corrected chi connectivity index (χ4v) is 4.22. The van der Waals surface area contributed by atoms with Crippen LogP contribution >= 0.6 is 0 Å². The van der Waals surface area contributed by atoms with Gasteiger partial charge in [0.2, 0.25) is 5.89 Å². The van der Waals surface area contributed by atoms with Gasteiger partial charge in [-0.15, -0.1) is 0 Å². The van der Waals surface area contributed by atoms with Crippen LogP contribution in [0.5, 0.6) is 5.75 Å². The second-order valence-corrected chi connectivity index (χ2v) is 7.61. The van der Waals surface area contributed by atoms with E-state index in [0.29, 0.717) is 22.7 Å². The molecule has 0 spiro atoms. The van der Waals surface area contributed by atoms with Crippen LogP contribution in [0.25, 0.3) is 22.4 Å². The summed E-state index contributed by atoms with van der Waals surface area (Å²) in [5.74, 6) is 2.26. The normalized spacial score (nSPS) is 17.1. The summed E-state index contributed by atoms with van der Waals surface area (Å²) in [6.07, 6.45) is 7.43. The Labute approximate surface area is 163 Å². The minimum atomic E-state index is -0.333. The van der Waals surface area contributed by atoms with Crippen LogP contribution in [0, 0.1) is 0 Å². The van der Waals surface area contributed by atoms with Gasteiger partial charge in [-0.05, 0) is 55.4 Å². The smallest absolute Gasteiger partial charge is 0.347 e. The predicted octanol–water partition coefficient (Wildman–Crippen LogP) is 4.13. The van der Waals surface area contributed by atoms with E-state index in [4.69, 9.17) is 14.1 Å². The van der Waals surface area contributed by atoms with Gasteiger partial charge >= 0.3 is 5.63 Å². The van der Waals surface area contributed by atoms with Gasteiger partial charge in [0.05, 0.1) is 23.6 Å². The molecule has 1 saturated heterocycles. The summed E-state index contributed by atoms with van der Waals surface area (Å²) < 4.78 is 11.2. The zero-order chi connectivity index (χ0) is 19.1. The Morgan fingerprint density at radius 3 is 2.71 bits per heavy atom. The van der Waals surface area contributed by atoms with Crippen LogP contribution in [0.4, 0.5) is 5.82 Å². The summed E-state index contributed by atoms with van der Waals surface area (Å²) in [5, 5.41) is 0.584. The van der Waals surface area contributed by atoms with Gasteiger partial charge in [-0.3, -0.25) is 0 Å². The van der Waals surface area contributed by atoms with Gasteiger partial charge in [0.15, 0.2) is 0 Å². The maximum Gasteiger partial charge on any atom is 0.347 e. The van der Waals surface area contributed by atoms with Gasteiger partial charge in [-0.25, -0.2) is 14.8 Å². The number of hydrogen-bond acceptors (Lipinski definition) is 6. The molecule has 5 rings (SSSR count). The Bertz CT molecular complexity index is 1080. The molecular weight excluding hydrogens is 354 g/mol. The molecule has 0 unspecified atom stereocenters. The van der Waals surface area contributed by atoms with Crippen molar-refractivity contribution in [3.05, 3.63) is 46.4 Å². The maximum absolute atomic E-state index is 13.0. The Morgan fingerprint density at radius 1 is 1.18 bits per heavy atom. The van der Waals surface area contributed by atoms with Gasteiger partial charge in [-0.2, -0.15) is 0 Å². The molecule has 0 atom stereocenters. The average molecular weight is 377 g/mol. The van der Waals surface area contributed by atoms with Crippen molar-refractivity contribution < 1.29 is 9.15 Å². The van der Waals surface area contributed by atoms with Crippen molar-refractivity contribution in [1.29, 1.82) is 0 Å². The Hall–Kier alpha value is -2.89. The first-order valence-electron chi connectivity index (χ1n) is 9.98. The number of pyridine rings is 1. The summed E-state index contributed by atoms with van der Waals surface area (Å²) in [6, 6.07) is 7.56. The molecule has 2 aliphatic rings. The van der Waals surface area contributed by atoms with E-state index < -0.39 is 0 Å². The molecule has 0 radical (unpaired) electrons. The lowest BCUT2D eigenvalue weighted by atomic mass is 9.79. The second-order valence-electron chi connectivity index (χ2n) is 7.61. The van der Waals surface area contributed by atoms with Crippen molar-refractivity contribution in [1.82, 2.24) is 9.97 Å². The van der Waals surface area contributed by atoms with Gasteiger partial charge in [0.25, 0.3) is 0 Å². The highest BCUT2D eigenvalue weighted by atomic mass is 16.5. The van der Waals surface area contributed by atoms with E-state index >= 15 is 0 Å². The molecule has 2 fully saturated rings. The summed E-state index contributed by atoms with van der Waals surface area (Å²) >= 11 is 0. The molecule has 28 heavy (non-hydrogen) atoms. The van der Waals surface area contributed by atoms with Crippen molar-refractivity contribution in [2.75, 3.05) is 25.1 Å². The molecule has 1 aliphatic heterocycles. The van der Waals surface area contributed by atoms with Crippen LogP contribution in [0.15, 0.2) is 39.7 Å². The van der Waals surface area contributed by atoms with Crippen molar-refractivity contribution in [2.24, 2.45) is 0 Å². The van der Waals surface area contributed by atoms with E-state index in [-0.39, 0.29) is 5.63 Å². The molecule has 0 N–H and O–H groups in total. The van der Waals surface area contributed by atoms with E-state index in [1.54, 1.807) is 13.3 Å². The minimum absolute atomic E-state index is 0.320. The van der Waals surface area contributed by atoms with Crippen LogP contribution in [0.3, 0.4) is 0 Å². The topological polar surface area (TPSA) is 68.5 Å². The number of rotatable bonds is 4. The number of nitrogens with zero attached hydrogens (tertiary/aromatic N) is 3. The first kappa shape index (κ1) is 17.2. The SMILES string of the molecule is COc1cc(C2CCC2)c2c(=O)oc(-c3cccnc3N3CCCC3)nc2c1. The maximum atomic E-state index is 13.0. The fourth-order valence-electron chi connectivity index (χ4n) is 4.22. The van der Waals surface area contributed by atoms with Crippen LogP contribution in [-0.4, -0.2) is 30.2 Å². The number of aromatic nitrogens is 2. The molecular formula is C22H23N3O3. The molecule has 1 aliphatic carbocycles. The third kappa shape index (κ3) is 2.84. The summed E-state index contributed by atoms with van der Waals surface area (Å²) in [6.45, 7) is 1.92. The third-order valence-corrected chi connectivity index (χ3v) is 5.94. The highest BCUT2D eigenvalue weighted by molar-refractivity contribution is 5.85. The highest BCUT2D eigenvalue weighted by Gasteiger charge is 2.26. The molecule has 1 saturated carbocycles. The van der Waals surface area contributed by atoms with E-state index in [9.17, 15) is 4.79 Å². The largest absolute Gasteiger partial charge is 0.497 e. The van der Waals surface area contributed by atoms with E-state index in [1.807, 2.05) is 24.3 Å². The summed E-state index contributed by atoms with van der Waals surface area (Å²) in [5.41, 5.74) is 2.06. The lowest BCUT2D eigenvalue weighted by Gasteiger charge is -2.27. The van der Waals surface area contributed by atoms with Gasteiger partial charge in [0.1, 0.15) is 11.6 Å². The third-order valence-electron chi connectivity index (χ3n) is 5.94. The van der Waals surface area contributed by atoms with Crippen molar-refractivity contribution in [3.63, 3.8) is 0 Å². The van der Waals surface area contributed by atoms with E-state index in [1.165, 1.54) is 6.42 Å². The van der Waals surface area contributed by atoms with Gasteiger partial charge in [0, 0.05) is 25.4 Å². The monoisotopic (exact) mass is 377 g/mol. The molecule has 1 aromatic carbocycles. The number of methoxy groups -OCH3 is 1. The zero-order valence-corrected chi connectivity index (χ0v) is 16.0. The number of hydrogen-bond donors (Lipinski definition) is 0. The number of fused-ring (bicyclic) bond motifs is 1. The highest BCUT2D eigenvalue weighted by Crippen LogP contribution is 2.41. The molecule has 0 bridgehead atoms. The first-order valence-corrected chi connectivity index (χ1v) is 9.98. The molecule has 2 aromatic heterocycles. The van der Waals surface area contributed by atoms with Crippen molar-refractivity contribution in [2.45, 2.75) is 38.0 Å². The Morgan fingerprint density at radius 2 is 2.00 bits per heavy atom. The summed E-state index contributed by atoms with van der Waals surface area (Å²) in [7, 11) is 1.64. The fraction of sp³-hybridized carbons (Fsp3) is 0.409. The lowest BCUT2D eigenvalue weighted by molar-refractivity contribution is 0.403. The number of ether oxygens (including phenoxy) is 1. The lowest BCUT2D eigenvalue weighted by Crippen LogP contribution is -2.20. The average Bonchev–Trinajstić information content (AvgIpc) is 3.20. The van der Waals surface area contributed by atoms with Crippen molar-refractivity contribution >= 4 is 16.7 Å². The van der Waals surface area contributed by atoms with Crippen LogP contribution in [-0.2, 0) is 0 Å². The van der Waals surface area contributed by atoms with E-state index in [2.05, 4.69) is 9.88 Å². The standard InChI is InChI=1S/C22H23N3O3/c1-27-15-12-17(14-6-4-7-14)19-18(13-15)24-21(28-22(19)26)16-8-5-9-23-20(16)25-10-2-3-11-25/h5,8-9,12-14H,2-4,6-7,10-11H2,1H3. The van der Waals surface area contributed by atoms with Crippen molar-refractivity contribution in [3.8, 4) is 17.2 Å². The molecule has 3 heterocycles. The molecule has 3 aromatic rings. The van der Waals surface area contributed by atoms with Gasteiger partial charge < -0.3 is 14.1 Å². The van der Waals surface area contributed by atoms with Gasteiger partial charge in [-0.1, -0.05) is 6.42 Å². The Kier molecular flexibility index (Phi) is 4.26. The number of benzene rings is 1. The second kappa shape index (κ2) is 6.93.